The topological polar surface area (TPSA) is 81.9 Å². The summed E-state index contributed by atoms with van der Waals surface area (Å²) in [5.41, 5.74) is 0.481. The Labute approximate surface area is 169 Å². The second kappa shape index (κ2) is 6.89. The highest BCUT2D eigenvalue weighted by atomic mass is 32.1. The standard InChI is InChI=1S/C21H16N2O5S/c1-26-16-7-4-8-17-18(16)22-21(29-17)23-10-13(11-23)27-19(24)14-9-12-5-2-3-6-15(12)28-20(14)25/h2-9,13H,10-11H2,1H3. The molecule has 0 spiro atoms. The van der Waals surface area contributed by atoms with Gasteiger partial charge in [-0.1, -0.05) is 35.6 Å². The average Bonchev–Trinajstić information content (AvgIpc) is 3.13. The molecule has 0 bridgehead atoms. The zero-order valence-corrected chi connectivity index (χ0v) is 16.3. The first-order valence-electron chi connectivity index (χ1n) is 9.05. The lowest BCUT2D eigenvalue weighted by molar-refractivity contribution is 0.0230. The van der Waals surface area contributed by atoms with E-state index in [1.165, 1.54) is 6.07 Å². The van der Waals surface area contributed by atoms with Gasteiger partial charge in [-0.05, 0) is 24.3 Å². The molecule has 8 heteroatoms. The van der Waals surface area contributed by atoms with E-state index >= 15 is 0 Å². The number of thiazole rings is 1. The van der Waals surface area contributed by atoms with Crippen LogP contribution in [0.25, 0.3) is 21.2 Å². The van der Waals surface area contributed by atoms with E-state index in [2.05, 4.69) is 4.98 Å². The van der Waals surface area contributed by atoms with Gasteiger partial charge in [0.1, 0.15) is 28.5 Å². The van der Waals surface area contributed by atoms with E-state index in [0.29, 0.717) is 24.1 Å². The summed E-state index contributed by atoms with van der Waals surface area (Å²) in [5.74, 6) is 0.0663. The molecule has 1 aliphatic rings. The van der Waals surface area contributed by atoms with Crippen molar-refractivity contribution in [2.24, 2.45) is 0 Å². The molecule has 146 valence electrons. The fourth-order valence-corrected chi connectivity index (χ4v) is 4.30. The first-order valence-corrected chi connectivity index (χ1v) is 9.86. The summed E-state index contributed by atoms with van der Waals surface area (Å²) in [7, 11) is 1.62. The van der Waals surface area contributed by atoms with E-state index in [4.69, 9.17) is 13.9 Å². The Kier molecular flexibility index (Phi) is 4.21. The second-order valence-corrected chi connectivity index (χ2v) is 7.73. The zero-order chi connectivity index (χ0) is 20.0. The number of aromatic nitrogens is 1. The molecular formula is C21H16N2O5S. The Morgan fingerprint density at radius 1 is 1.21 bits per heavy atom. The number of fused-ring (bicyclic) bond motifs is 2. The van der Waals surface area contributed by atoms with Crippen LogP contribution in [0.4, 0.5) is 5.13 Å². The van der Waals surface area contributed by atoms with Gasteiger partial charge >= 0.3 is 11.6 Å². The number of nitrogens with zero attached hydrogens (tertiary/aromatic N) is 2. The summed E-state index contributed by atoms with van der Waals surface area (Å²) in [4.78, 5) is 31.2. The average molecular weight is 408 g/mol. The molecule has 2 aromatic heterocycles. The Morgan fingerprint density at radius 3 is 2.86 bits per heavy atom. The minimum atomic E-state index is -0.692. The number of ether oxygens (including phenoxy) is 2. The van der Waals surface area contributed by atoms with Crippen LogP contribution in [0.2, 0.25) is 0 Å². The molecule has 0 unspecified atom stereocenters. The van der Waals surface area contributed by atoms with Crippen molar-refractivity contribution in [3.63, 3.8) is 0 Å². The van der Waals surface area contributed by atoms with Crippen LogP contribution in [0.5, 0.6) is 5.75 Å². The molecule has 3 heterocycles. The van der Waals surface area contributed by atoms with Gasteiger partial charge in [0.15, 0.2) is 5.13 Å². The van der Waals surface area contributed by atoms with Gasteiger partial charge in [0.25, 0.3) is 0 Å². The van der Waals surface area contributed by atoms with E-state index in [1.54, 1.807) is 36.6 Å². The number of anilines is 1. The van der Waals surface area contributed by atoms with Crippen LogP contribution < -0.4 is 15.3 Å². The minimum Gasteiger partial charge on any atom is -0.494 e. The molecule has 0 amide bonds. The van der Waals surface area contributed by atoms with Crippen molar-refractivity contribution in [1.82, 2.24) is 4.98 Å². The van der Waals surface area contributed by atoms with Crippen LogP contribution in [0, 0.1) is 0 Å². The zero-order valence-electron chi connectivity index (χ0n) is 15.5. The number of hydrogen-bond acceptors (Lipinski definition) is 8. The first-order chi connectivity index (χ1) is 14.1. The summed E-state index contributed by atoms with van der Waals surface area (Å²) < 4.78 is 17.1. The van der Waals surface area contributed by atoms with Crippen molar-refractivity contribution in [1.29, 1.82) is 0 Å². The van der Waals surface area contributed by atoms with Crippen molar-refractivity contribution in [3.8, 4) is 5.75 Å². The highest BCUT2D eigenvalue weighted by Crippen LogP contribution is 2.36. The summed E-state index contributed by atoms with van der Waals surface area (Å²) in [6.07, 6.45) is -0.303. The quantitative estimate of drug-likeness (QED) is 0.378. The van der Waals surface area contributed by atoms with Crippen LogP contribution >= 0.6 is 11.3 Å². The highest BCUT2D eigenvalue weighted by molar-refractivity contribution is 7.22. The SMILES string of the molecule is COc1cccc2sc(N3CC(OC(=O)c4cc5ccccc5oc4=O)C3)nc12. The molecule has 1 aliphatic heterocycles. The first kappa shape index (κ1) is 17.7. The Bertz CT molecular complexity index is 1290. The Balaban J connectivity index is 1.29. The molecule has 2 aromatic carbocycles. The number of benzene rings is 2. The molecular weight excluding hydrogens is 392 g/mol. The van der Waals surface area contributed by atoms with Gasteiger partial charge in [-0.2, -0.15) is 0 Å². The van der Waals surface area contributed by atoms with Crippen molar-refractivity contribution >= 4 is 43.6 Å². The van der Waals surface area contributed by atoms with Crippen molar-refractivity contribution in [3.05, 3.63) is 64.5 Å². The van der Waals surface area contributed by atoms with Gasteiger partial charge in [-0.15, -0.1) is 0 Å². The largest absolute Gasteiger partial charge is 0.494 e. The fraction of sp³-hybridized carbons (Fsp3) is 0.190. The Morgan fingerprint density at radius 2 is 2.03 bits per heavy atom. The van der Waals surface area contributed by atoms with E-state index in [0.717, 1.165) is 21.1 Å². The van der Waals surface area contributed by atoms with E-state index in [9.17, 15) is 9.59 Å². The summed E-state index contributed by atoms with van der Waals surface area (Å²) in [5, 5.41) is 1.53. The normalized spacial score (nSPS) is 14.2. The van der Waals surface area contributed by atoms with Gasteiger partial charge in [-0.3, -0.25) is 0 Å². The van der Waals surface area contributed by atoms with E-state index in [1.807, 2.05) is 29.2 Å². The van der Waals surface area contributed by atoms with Crippen LogP contribution in [-0.2, 0) is 4.74 Å². The molecule has 0 radical (unpaired) electrons. The Hall–Kier alpha value is -3.39. The number of carbonyl (C=O) groups excluding carboxylic acids is 1. The predicted molar refractivity (Wildman–Crippen MR) is 110 cm³/mol. The van der Waals surface area contributed by atoms with Crippen LogP contribution in [0.15, 0.2) is 57.7 Å². The van der Waals surface area contributed by atoms with Crippen molar-refractivity contribution < 1.29 is 18.7 Å². The van der Waals surface area contributed by atoms with Gasteiger partial charge in [0.2, 0.25) is 0 Å². The summed E-state index contributed by atoms with van der Waals surface area (Å²) in [6.45, 7) is 1.04. The van der Waals surface area contributed by atoms with Gasteiger partial charge in [0, 0.05) is 5.39 Å². The van der Waals surface area contributed by atoms with Gasteiger partial charge in [-0.25, -0.2) is 14.6 Å². The molecule has 0 saturated carbocycles. The summed E-state index contributed by atoms with van der Waals surface area (Å²) in [6, 6.07) is 14.4. The minimum absolute atomic E-state index is 0.0909. The number of carbonyl (C=O) groups is 1. The maximum atomic E-state index is 12.4. The third-order valence-electron chi connectivity index (χ3n) is 4.84. The highest BCUT2D eigenvalue weighted by Gasteiger charge is 2.33. The van der Waals surface area contributed by atoms with Crippen LogP contribution in [0.3, 0.4) is 0 Å². The molecule has 29 heavy (non-hydrogen) atoms. The molecule has 1 fully saturated rings. The lowest BCUT2D eigenvalue weighted by Gasteiger charge is -2.38. The lowest BCUT2D eigenvalue weighted by Crippen LogP contribution is -2.53. The third-order valence-corrected chi connectivity index (χ3v) is 5.93. The number of esters is 1. The predicted octanol–water partition coefficient (Wildman–Crippen LogP) is 3.46. The molecule has 0 atom stereocenters. The van der Waals surface area contributed by atoms with Crippen molar-refractivity contribution in [2.75, 3.05) is 25.1 Å². The molecule has 1 saturated heterocycles. The van der Waals surface area contributed by atoms with Gasteiger partial charge in [0.05, 0.1) is 24.9 Å². The fourth-order valence-electron chi connectivity index (χ4n) is 3.30. The molecule has 0 aliphatic carbocycles. The maximum absolute atomic E-state index is 12.4. The molecule has 7 nitrogen and oxygen atoms in total. The summed E-state index contributed by atoms with van der Waals surface area (Å²) >= 11 is 1.56. The van der Waals surface area contributed by atoms with Gasteiger partial charge < -0.3 is 18.8 Å². The monoisotopic (exact) mass is 408 g/mol. The number of para-hydroxylation sites is 2. The molecule has 0 N–H and O–H groups in total. The molecule has 4 aromatic rings. The lowest BCUT2D eigenvalue weighted by atomic mass is 10.1. The molecule has 5 rings (SSSR count). The van der Waals surface area contributed by atoms with Crippen molar-refractivity contribution in [2.45, 2.75) is 6.10 Å². The number of hydrogen-bond donors (Lipinski definition) is 0. The van der Waals surface area contributed by atoms with E-state index in [-0.39, 0.29) is 11.7 Å². The smallest absolute Gasteiger partial charge is 0.351 e. The third kappa shape index (κ3) is 3.11. The van der Waals surface area contributed by atoms with E-state index < -0.39 is 11.6 Å². The maximum Gasteiger partial charge on any atom is 0.351 e. The second-order valence-electron chi connectivity index (χ2n) is 6.72. The number of rotatable bonds is 4. The number of methoxy groups -OCH3 is 1. The van der Waals surface area contributed by atoms with Crippen LogP contribution in [0.1, 0.15) is 10.4 Å². The van der Waals surface area contributed by atoms with Crippen LogP contribution in [-0.4, -0.2) is 37.3 Å².